The second kappa shape index (κ2) is 12.1. The molecule has 0 saturated carbocycles. The van der Waals surface area contributed by atoms with E-state index in [-0.39, 0.29) is 67.9 Å². The van der Waals surface area contributed by atoms with Gasteiger partial charge in [0.2, 0.25) is 0 Å². The summed E-state index contributed by atoms with van der Waals surface area (Å²) in [5.41, 5.74) is 5.96. The van der Waals surface area contributed by atoms with Gasteiger partial charge in [-0.3, -0.25) is 0 Å². The number of hydrogen-bond donors (Lipinski definition) is 0. The molecule has 0 aliphatic heterocycles. The zero-order valence-corrected chi connectivity index (χ0v) is 23.0. The summed E-state index contributed by atoms with van der Waals surface area (Å²) in [6, 6.07) is 23.2. The minimum atomic E-state index is 0. The molecule has 5 aromatic rings. The quantitative estimate of drug-likeness (QED) is 0.244. The first-order chi connectivity index (χ1) is 14.5. The van der Waals surface area contributed by atoms with Crippen molar-refractivity contribution in [1.82, 2.24) is 24.1 Å². The third-order valence-electron chi connectivity index (χ3n) is 5.43. The molecule has 0 amide bonds. The van der Waals surface area contributed by atoms with Crippen molar-refractivity contribution in [2.45, 2.75) is 39.8 Å². The summed E-state index contributed by atoms with van der Waals surface area (Å²) in [5, 5.41) is 0. The van der Waals surface area contributed by atoms with E-state index in [1.807, 2.05) is 30.3 Å². The second-order valence-electron chi connectivity index (χ2n) is 8.18. The molecular weight excluding hydrogens is 528 g/mol. The third kappa shape index (κ3) is 5.14. The molecule has 0 spiro atoms. The Morgan fingerprint density at radius 3 is 1.29 bits per heavy atom. The van der Waals surface area contributed by atoms with Crippen LogP contribution in [0.1, 0.15) is 39.8 Å². The molecule has 3 aromatic heterocycles. The molecule has 5 nitrogen and oxygen atoms in total. The van der Waals surface area contributed by atoms with Gasteiger partial charge in [0.05, 0.1) is 22.1 Å². The first-order valence-electron chi connectivity index (χ1n) is 10.5. The van der Waals surface area contributed by atoms with E-state index < -0.39 is 0 Å². The number of imidazole rings is 2. The van der Waals surface area contributed by atoms with E-state index in [0.717, 1.165) is 45.1 Å². The van der Waals surface area contributed by atoms with E-state index in [1.54, 1.807) is 0 Å². The molecule has 9 heteroatoms. The fraction of sp³-hybridized carbons (Fsp3) is 0.240. The van der Waals surface area contributed by atoms with Gasteiger partial charge in [-0.2, -0.15) is 0 Å². The predicted molar refractivity (Wildman–Crippen MR) is 122 cm³/mol. The number of fused-ring (bicyclic) bond motifs is 2. The molecule has 0 aliphatic carbocycles. The SMILES string of the molecule is CC(C)n1c(-c2cccc(-c3nc4ccccc4n3C(C)C)n2)nc2ccccc21.[Cl-].[Cl-].[Cl-].[V+3]. The summed E-state index contributed by atoms with van der Waals surface area (Å²) in [6.07, 6.45) is 0. The van der Waals surface area contributed by atoms with E-state index >= 15 is 0 Å². The molecular formula is C25H25Cl3N5V. The van der Waals surface area contributed by atoms with Crippen LogP contribution < -0.4 is 37.2 Å². The second-order valence-corrected chi connectivity index (χ2v) is 8.18. The molecule has 0 atom stereocenters. The Kier molecular flexibility index (Phi) is 10.7. The van der Waals surface area contributed by atoms with Crippen LogP contribution in [0.2, 0.25) is 0 Å². The van der Waals surface area contributed by atoms with E-state index in [4.69, 9.17) is 15.0 Å². The van der Waals surface area contributed by atoms with Crippen molar-refractivity contribution in [3.8, 4) is 23.0 Å². The molecule has 0 radical (unpaired) electrons. The zero-order chi connectivity index (χ0) is 20.8. The summed E-state index contributed by atoms with van der Waals surface area (Å²) in [5.74, 6) is 1.78. The molecule has 34 heavy (non-hydrogen) atoms. The van der Waals surface area contributed by atoms with E-state index in [2.05, 4.69) is 73.2 Å². The minimum Gasteiger partial charge on any atom is -1.00 e. The van der Waals surface area contributed by atoms with Gasteiger partial charge in [0, 0.05) is 12.1 Å². The van der Waals surface area contributed by atoms with Crippen LogP contribution in [0, 0.1) is 0 Å². The number of rotatable bonds is 4. The zero-order valence-electron chi connectivity index (χ0n) is 19.3. The number of hydrogen-bond acceptors (Lipinski definition) is 3. The van der Waals surface area contributed by atoms with E-state index in [0.29, 0.717) is 0 Å². The number of para-hydroxylation sites is 4. The maximum absolute atomic E-state index is 5.02. The Balaban J connectivity index is 0.00000144. The minimum absolute atomic E-state index is 0. The Bertz CT molecular complexity index is 1280. The average Bonchev–Trinajstić information content (AvgIpc) is 3.33. The molecule has 0 bridgehead atoms. The van der Waals surface area contributed by atoms with Gasteiger partial charge in [0.25, 0.3) is 0 Å². The molecule has 5 rings (SSSR count). The Labute approximate surface area is 230 Å². The van der Waals surface area contributed by atoms with Gasteiger partial charge in [-0.1, -0.05) is 30.3 Å². The smallest absolute Gasteiger partial charge is 1.00 e. The maximum atomic E-state index is 5.02. The molecule has 0 N–H and O–H groups in total. The van der Waals surface area contributed by atoms with Crippen LogP contribution in [0.15, 0.2) is 66.7 Å². The summed E-state index contributed by atoms with van der Waals surface area (Å²) in [6.45, 7) is 8.72. The molecule has 2 aromatic carbocycles. The number of halogens is 3. The molecule has 0 aliphatic rings. The number of aromatic nitrogens is 5. The number of benzene rings is 2. The van der Waals surface area contributed by atoms with Crippen LogP contribution in [-0.2, 0) is 18.6 Å². The van der Waals surface area contributed by atoms with Gasteiger partial charge in [0.1, 0.15) is 11.4 Å². The number of pyridine rings is 1. The summed E-state index contributed by atoms with van der Waals surface area (Å²) >= 11 is 0. The van der Waals surface area contributed by atoms with Crippen molar-refractivity contribution in [2.75, 3.05) is 0 Å². The fourth-order valence-electron chi connectivity index (χ4n) is 4.18. The first kappa shape index (κ1) is 30.0. The van der Waals surface area contributed by atoms with Gasteiger partial charge in [-0.25, -0.2) is 15.0 Å². The fourth-order valence-corrected chi connectivity index (χ4v) is 4.18. The molecule has 0 fully saturated rings. The van der Waals surface area contributed by atoms with Gasteiger partial charge in [-0.15, -0.1) is 0 Å². The normalized spacial score (nSPS) is 10.5. The largest absolute Gasteiger partial charge is 3.00 e. The van der Waals surface area contributed by atoms with Crippen molar-refractivity contribution >= 4 is 22.1 Å². The van der Waals surface area contributed by atoms with Crippen molar-refractivity contribution in [3.63, 3.8) is 0 Å². The van der Waals surface area contributed by atoms with Crippen molar-refractivity contribution in [1.29, 1.82) is 0 Å². The monoisotopic (exact) mass is 551 g/mol. The Morgan fingerprint density at radius 1 is 0.529 bits per heavy atom. The van der Waals surface area contributed by atoms with Crippen molar-refractivity contribution in [2.24, 2.45) is 0 Å². The van der Waals surface area contributed by atoms with E-state index in [1.165, 1.54) is 0 Å². The van der Waals surface area contributed by atoms with E-state index in [9.17, 15) is 0 Å². The van der Waals surface area contributed by atoms with Gasteiger partial charge >= 0.3 is 18.6 Å². The van der Waals surface area contributed by atoms with Gasteiger partial charge in [0.15, 0.2) is 11.6 Å². The summed E-state index contributed by atoms with van der Waals surface area (Å²) in [4.78, 5) is 14.8. The maximum Gasteiger partial charge on any atom is 3.00 e. The van der Waals surface area contributed by atoms with Crippen LogP contribution in [0.25, 0.3) is 45.1 Å². The Morgan fingerprint density at radius 2 is 0.912 bits per heavy atom. The standard InChI is InChI=1S/C25H25N5.3ClH.V/c1-16(2)29-22-14-7-5-10-18(22)27-24(29)20-12-9-13-21(26-20)25-28-19-11-6-8-15-23(19)30(25)17(3)4;;;;/h5-17H,1-4H3;3*1H;/q;;;;+3/p-3. The summed E-state index contributed by atoms with van der Waals surface area (Å²) < 4.78 is 4.51. The predicted octanol–water partition coefficient (Wildman–Crippen LogP) is -2.71. The van der Waals surface area contributed by atoms with Crippen LogP contribution >= 0.6 is 0 Å². The van der Waals surface area contributed by atoms with Crippen molar-refractivity contribution < 1.29 is 55.8 Å². The number of nitrogens with zero attached hydrogens (tertiary/aromatic N) is 5. The topological polar surface area (TPSA) is 48.5 Å². The average molecular weight is 553 g/mol. The van der Waals surface area contributed by atoms with Crippen LogP contribution in [0.4, 0.5) is 0 Å². The molecule has 3 heterocycles. The molecule has 0 unspecified atom stereocenters. The summed E-state index contributed by atoms with van der Waals surface area (Å²) in [7, 11) is 0. The van der Waals surface area contributed by atoms with Crippen molar-refractivity contribution in [3.05, 3.63) is 66.7 Å². The van der Waals surface area contributed by atoms with Gasteiger partial charge in [-0.05, 0) is 64.1 Å². The molecule has 176 valence electrons. The van der Waals surface area contributed by atoms with Crippen LogP contribution in [-0.4, -0.2) is 24.1 Å². The van der Waals surface area contributed by atoms with Crippen LogP contribution in [0.5, 0.6) is 0 Å². The third-order valence-corrected chi connectivity index (χ3v) is 5.43. The Hall–Kier alpha value is -2.02. The van der Waals surface area contributed by atoms with Crippen LogP contribution in [0.3, 0.4) is 0 Å². The molecule has 0 saturated heterocycles. The van der Waals surface area contributed by atoms with Gasteiger partial charge < -0.3 is 46.4 Å². The first-order valence-corrected chi connectivity index (χ1v) is 10.5.